The molecule has 0 radical (unpaired) electrons. The molecule has 36 heavy (non-hydrogen) atoms. The van der Waals surface area contributed by atoms with Crippen molar-refractivity contribution in [3.05, 3.63) is 52.5 Å². The molecule has 5 rings (SSSR count). The first-order valence-electron chi connectivity index (χ1n) is 12.4. The molecular formula is C28H29ClN2O5. The van der Waals surface area contributed by atoms with Crippen molar-refractivity contribution in [2.75, 3.05) is 16.3 Å². The zero-order chi connectivity index (χ0) is 25.7. The maximum Gasteiger partial charge on any atom is 0.316 e. The van der Waals surface area contributed by atoms with E-state index in [2.05, 4.69) is 6.92 Å². The first kappa shape index (κ1) is 24.5. The van der Waals surface area contributed by atoms with E-state index >= 15 is 0 Å². The van der Waals surface area contributed by atoms with E-state index in [1.807, 2.05) is 13.0 Å². The Morgan fingerprint density at radius 3 is 2.50 bits per heavy atom. The van der Waals surface area contributed by atoms with Crippen LogP contribution in [-0.2, 0) is 19.2 Å². The van der Waals surface area contributed by atoms with Gasteiger partial charge >= 0.3 is 5.97 Å². The Morgan fingerprint density at radius 1 is 1.00 bits per heavy atom. The zero-order valence-corrected chi connectivity index (χ0v) is 21.4. The number of hydrogen-bond acceptors (Lipinski definition) is 5. The van der Waals surface area contributed by atoms with Crippen molar-refractivity contribution in [3.63, 3.8) is 0 Å². The van der Waals surface area contributed by atoms with Crippen LogP contribution < -0.4 is 14.5 Å². The lowest BCUT2D eigenvalue weighted by atomic mass is 9.76. The van der Waals surface area contributed by atoms with Gasteiger partial charge in [0.1, 0.15) is 5.75 Å². The fraction of sp³-hybridized carbons (Fsp3) is 0.429. The highest BCUT2D eigenvalue weighted by Crippen LogP contribution is 2.43. The summed E-state index contributed by atoms with van der Waals surface area (Å²) in [6.07, 6.45) is 2.50. The highest BCUT2D eigenvalue weighted by molar-refractivity contribution is 6.31. The SMILES string of the molecule is Cc1cc(OC(=O)[C@@H]2CC(=O)N(c3cccc(Cl)c3C)C2)ccc1N1C(=O)[C@@H]2CC[C@H](C)C[C@H]2C1=O. The molecule has 3 aliphatic rings. The van der Waals surface area contributed by atoms with Gasteiger partial charge in [-0.2, -0.15) is 0 Å². The highest BCUT2D eigenvalue weighted by atomic mass is 35.5. The topological polar surface area (TPSA) is 84.0 Å². The minimum Gasteiger partial charge on any atom is -0.426 e. The normalized spacial score (nSPS) is 25.9. The van der Waals surface area contributed by atoms with Crippen molar-refractivity contribution in [2.45, 2.75) is 46.5 Å². The van der Waals surface area contributed by atoms with E-state index in [-0.39, 0.29) is 42.5 Å². The predicted octanol–water partition coefficient (Wildman–Crippen LogP) is 4.84. The summed E-state index contributed by atoms with van der Waals surface area (Å²) in [5.74, 6) is -1.26. The van der Waals surface area contributed by atoms with Crippen LogP contribution in [-0.4, -0.2) is 30.2 Å². The van der Waals surface area contributed by atoms with Gasteiger partial charge in [0.2, 0.25) is 17.7 Å². The average Bonchev–Trinajstić information content (AvgIpc) is 3.33. The van der Waals surface area contributed by atoms with Gasteiger partial charge in [0.15, 0.2) is 0 Å². The third-order valence-corrected chi connectivity index (χ3v) is 8.21. The number of anilines is 2. The molecule has 0 aromatic heterocycles. The van der Waals surface area contributed by atoms with E-state index in [9.17, 15) is 19.2 Å². The molecule has 7 nitrogen and oxygen atoms in total. The van der Waals surface area contributed by atoms with Crippen molar-refractivity contribution in [1.82, 2.24) is 0 Å². The number of carbonyl (C=O) groups excluding carboxylic acids is 4. The summed E-state index contributed by atoms with van der Waals surface area (Å²) in [6, 6.07) is 10.3. The Balaban J connectivity index is 1.29. The van der Waals surface area contributed by atoms with Crippen LogP contribution >= 0.6 is 11.6 Å². The van der Waals surface area contributed by atoms with Gasteiger partial charge in [0, 0.05) is 23.7 Å². The zero-order valence-electron chi connectivity index (χ0n) is 20.6. The molecule has 3 fully saturated rings. The molecule has 0 spiro atoms. The Kier molecular flexibility index (Phi) is 6.37. The molecule has 2 aliphatic heterocycles. The molecule has 1 saturated carbocycles. The average molecular weight is 509 g/mol. The molecule has 0 N–H and O–H groups in total. The molecule has 2 heterocycles. The first-order valence-corrected chi connectivity index (χ1v) is 12.8. The van der Waals surface area contributed by atoms with Gasteiger partial charge in [-0.3, -0.25) is 19.2 Å². The van der Waals surface area contributed by atoms with Gasteiger partial charge in [-0.25, -0.2) is 4.90 Å². The summed E-state index contributed by atoms with van der Waals surface area (Å²) in [7, 11) is 0. The van der Waals surface area contributed by atoms with Crippen LogP contribution in [0.4, 0.5) is 11.4 Å². The number of esters is 1. The molecule has 2 aromatic rings. The van der Waals surface area contributed by atoms with Gasteiger partial charge in [-0.15, -0.1) is 0 Å². The molecule has 2 saturated heterocycles. The van der Waals surface area contributed by atoms with Crippen LogP contribution in [0.15, 0.2) is 36.4 Å². The summed E-state index contributed by atoms with van der Waals surface area (Å²) >= 11 is 6.21. The Labute approximate surface area is 215 Å². The minimum atomic E-state index is -0.609. The number of hydrogen-bond donors (Lipinski definition) is 0. The van der Waals surface area contributed by atoms with E-state index in [4.69, 9.17) is 16.3 Å². The third kappa shape index (κ3) is 4.19. The quantitative estimate of drug-likeness (QED) is 0.335. The largest absolute Gasteiger partial charge is 0.426 e. The number of aryl methyl sites for hydroxylation is 1. The first-order chi connectivity index (χ1) is 17.2. The van der Waals surface area contributed by atoms with Crippen molar-refractivity contribution in [3.8, 4) is 5.75 Å². The van der Waals surface area contributed by atoms with Crippen molar-refractivity contribution in [2.24, 2.45) is 23.7 Å². The van der Waals surface area contributed by atoms with Gasteiger partial charge < -0.3 is 9.64 Å². The summed E-state index contributed by atoms with van der Waals surface area (Å²) in [4.78, 5) is 54.6. The Morgan fingerprint density at radius 2 is 1.75 bits per heavy atom. The number of benzene rings is 2. The summed E-state index contributed by atoms with van der Waals surface area (Å²) in [5.41, 5.74) is 2.68. The van der Waals surface area contributed by atoms with E-state index in [1.165, 1.54) is 4.90 Å². The number of fused-ring (bicyclic) bond motifs is 1. The van der Waals surface area contributed by atoms with Crippen LogP contribution in [0.1, 0.15) is 43.7 Å². The lowest BCUT2D eigenvalue weighted by Gasteiger charge is -2.25. The molecule has 1 aliphatic carbocycles. The van der Waals surface area contributed by atoms with Crippen LogP contribution in [0, 0.1) is 37.5 Å². The maximum atomic E-state index is 13.1. The van der Waals surface area contributed by atoms with Crippen molar-refractivity contribution >= 4 is 46.7 Å². The van der Waals surface area contributed by atoms with Crippen molar-refractivity contribution in [1.29, 1.82) is 0 Å². The van der Waals surface area contributed by atoms with Crippen LogP contribution in [0.3, 0.4) is 0 Å². The molecule has 4 atom stereocenters. The lowest BCUT2D eigenvalue weighted by Crippen LogP contribution is -2.31. The second kappa shape index (κ2) is 9.36. The smallest absolute Gasteiger partial charge is 0.316 e. The predicted molar refractivity (Wildman–Crippen MR) is 136 cm³/mol. The van der Waals surface area contributed by atoms with Crippen LogP contribution in [0.2, 0.25) is 5.02 Å². The van der Waals surface area contributed by atoms with E-state index in [0.717, 1.165) is 24.8 Å². The number of carbonyl (C=O) groups is 4. The van der Waals surface area contributed by atoms with Gasteiger partial charge in [0.05, 0.1) is 23.4 Å². The van der Waals surface area contributed by atoms with Gasteiger partial charge in [-0.05, 0) is 80.5 Å². The molecule has 188 valence electrons. The second-order valence-electron chi connectivity index (χ2n) is 10.3. The van der Waals surface area contributed by atoms with E-state index < -0.39 is 11.9 Å². The standard InChI is InChI=1S/C28H29ClN2O5/c1-15-7-9-20-21(11-15)27(34)31(26(20)33)23-10-8-19(12-16(23)2)36-28(35)18-13-25(32)30(14-18)24-6-4-5-22(29)17(24)3/h4-6,8,10,12,15,18,20-21H,7,9,11,13-14H2,1-3H3/t15-,18+,20+,21+/m0/s1. The fourth-order valence-corrected chi connectivity index (χ4v) is 5.93. The number of nitrogens with zero attached hydrogens (tertiary/aromatic N) is 2. The molecule has 3 amide bonds. The minimum absolute atomic E-state index is 0.0554. The number of rotatable bonds is 4. The third-order valence-electron chi connectivity index (χ3n) is 7.80. The van der Waals surface area contributed by atoms with Gasteiger partial charge in [-0.1, -0.05) is 24.6 Å². The molecule has 2 aromatic carbocycles. The van der Waals surface area contributed by atoms with Gasteiger partial charge in [0.25, 0.3) is 0 Å². The summed E-state index contributed by atoms with van der Waals surface area (Å²) in [5, 5.41) is 0.561. The van der Waals surface area contributed by atoms with Crippen molar-refractivity contribution < 1.29 is 23.9 Å². The number of ether oxygens (including phenoxy) is 1. The number of amides is 3. The number of imide groups is 1. The molecular weight excluding hydrogens is 480 g/mol. The Bertz CT molecular complexity index is 1270. The second-order valence-corrected chi connectivity index (χ2v) is 10.7. The molecule has 0 bridgehead atoms. The van der Waals surface area contributed by atoms with Crippen LogP contribution in [0.5, 0.6) is 5.75 Å². The fourth-order valence-electron chi connectivity index (χ4n) is 5.76. The number of halogens is 1. The van der Waals surface area contributed by atoms with E-state index in [0.29, 0.717) is 33.6 Å². The Hall–Kier alpha value is -3.19. The maximum absolute atomic E-state index is 13.1. The lowest BCUT2D eigenvalue weighted by molar-refractivity contribution is -0.139. The molecule has 8 heteroatoms. The summed E-state index contributed by atoms with van der Waals surface area (Å²) in [6.45, 7) is 5.97. The summed E-state index contributed by atoms with van der Waals surface area (Å²) < 4.78 is 5.61. The highest BCUT2D eigenvalue weighted by Gasteiger charge is 2.50. The van der Waals surface area contributed by atoms with E-state index in [1.54, 1.807) is 42.2 Å². The monoisotopic (exact) mass is 508 g/mol. The molecule has 0 unspecified atom stereocenters. The van der Waals surface area contributed by atoms with Crippen LogP contribution in [0.25, 0.3) is 0 Å².